The molecule has 0 aliphatic carbocycles. The van der Waals surface area contributed by atoms with Crippen molar-refractivity contribution in [3.63, 3.8) is 0 Å². The van der Waals surface area contributed by atoms with E-state index in [0.717, 1.165) is 23.8 Å². The van der Waals surface area contributed by atoms with Crippen molar-refractivity contribution in [2.24, 2.45) is 17.0 Å². The first kappa shape index (κ1) is 37.5. The average molecular weight is 711 g/mol. The van der Waals surface area contributed by atoms with Gasteiger partial charge in [0, 0.05) is 68.0 Å². The van der Waals surface area contributed by atoms with Gasteiger partial charge in [-0.2, -0.15) is 0 Å². The molecule has 3 aromatic rings. The number of hydrogen-bond acceptors (Lipinski definition) is 6. The molecule has 2 aromatic carbocycles. The van der Waals surface area contributed by atoms with E-state index in [1.54, 1.807) is 33.9 Å². The predicted octanol–water partition coefficient (Wildman–Crippen LogP) is 7.26. The number of imidazole rings is 1. The van der Waals surface area contributed by atoms with Crippen LogP contribution in [-0.4, -0.2) is 88.7 Å². The van der Waals surface area contributed by atoms with Gasteiger partial charge in [-0.05, 0) is 75.7 Å². The van der Waals surface area contributed by atoms with Crippen LogP contribution in [0, 0.1) is 23.5 Å². The molecule has 4 atom stereocenters. The molecule has 15 heteroatoms. The Morgan fingerprint density at radius 1 is 1.16 bits per heavy atom. The molecule has 2 aliphatic rings. The summed E-state index contributed by atoms with van der Waals surface area (Å²) in [5.41, 5.74) is 9.14. The molecule has 2 fully saturated rings. The third-order valence-electron chi connectivity index (χ3n) is 9.01. The molecule has 0 saturated carbocycles. The quantitative estimate of drug-likeness (QED) is 0.127. The number of carbonyl (C=O) groups excluding carboxylic acids is 2. The van der Waals surface area contributed by atoms with Crippen LogP contribution in [0.1, 0.15) is 58.0 Å². The topological polar surface area (TPSA) is 138 Å². The lowest BCUT2D eigenvalue weighted by Crippen LogP contribution is -2.51. The van der Waals surface area contributed by atoms with Gasteiger partial charge in [0.25, 0.3) is 0 Å². The second-order valence-electron chi connectivity index (χ2n) is 14.2. The fraction of sp³-hybridized carbons (Fsp3) is 0.528. The van der Waals surface area contributed by atoms with Crippen LogP contribution in [0.25, 0.3) is 21.7 Å². The molecule has 5 rings (SSSR count). The maximum absolute atomic E-state index is 15.9. The first-order chi connectivity index (χ1) is 24.3. The van der Waals surface area contributed by atoms with Crippen LogP contribution in [0.2, 0.25) is 0 Å². The van der Waals surface area contributed by atoms with Crippen LogP contribution in [0.3, 0.4) is 0 Å². The number of urea groups is 1. The average Bonchev–Trinajstić information content (AvgIpc) is 3.67. The molecular formula is C36H45F3N8O4. The van der Waals surface area contributed by atoms with E-state index >= 15 is 8.78 Å². The summed E-state index contributed by atoms with van der Waals surface area (Å²) in [5.74, 6) is -1.90. The molecule has 0 spiro atoms. The Bertz CT molecular complexity index is 1710. The van der Waals surface area contributed by atoms with E-state index in [0.29, 0.717) is 38.4 Å². The number of likely N-dealkylation sites (tertiary alicyclic amines) is 1. The van der Waals surface area contributed by atoms with Crippen molar-refractivity contribution >= 4 is 12.1 Å². The summed E-state index contributed by atoms with van der Waals surface area (Å²) < 4.78 is 58.6. The lowest BCUT2D eigenvalue weighted by Gasteiger charge is -2.40. The standard InChI is InChI=1S/C36H45F3N8O4/c1-23(17-41-44-40)42-34(48)47(20-26-19-46(21-30(26)39)35(49)51-36(2,3)4)32(25-12-14-50-15-13-25)33-43-31(28-16-27(37)10-11-29(28)38)22-45(33)18-24-8-6-5-7-9-24/h5-11,16,22-23,25-26,30,32H,12-15,17-21H2,1-4H3,(H,42,48)/t23-,26?,30?,32?/m0/s1. The van der Waals surface area contributed by atoms with Gasteiger partial charge in [0.1, 0.15) is 29.2 Å². The van der Waals surface area contributed by atoms with E-state index in [9.17, 15) is 14.0 Å². The molecule has 3 heterocycles. The van der Waals surface area contributed by atoms with Crippen LogP contribution in [-0.2, 0) is 16.0 Å². The highest BCUT2D eigenvalue weighted by Crippen LogP contribution is 2.38. The Morgan fingerprint density at radius 2 is 1.88 bits per heavy atom. The van der Waals surface area contributed by atoms with Gasteiger partial charge in [-0.25, -0.2) is 27.7 Å². The summed E-state index contributed by atoms with van der Waals surface area (Å²) in [7, 11) is 0. The van der Waals surface area contributed by atoms with Crippen LogP contribution in [0.15, 0.2) is 59.8 Å². The lowest BCUT2D eigenvalue weighted by atomic mass is 9.89. The summed E-state index contributed by atoms with van der Waals surface area (Å²) in [5, 5.41) is 6.49. The summed E-state index contributed by atoms with van der Waals surface area (Å²) in [6, 6.07) is 10.8. The number of nitrogens with zero attached hydrogens (tertiary/aromatic N) is 7. The largest absolute Gasteiger partial charge is 0.444 e. The maximum atomic E-state index is 15.9. The van der Waals surface area contributed by atoms with Crippen molar-refractivity contribution in [1.29, 1.82) is 0 Å². The Kier molecular flexibility index (Phi) is 12.1. The highest BCUT2D eigenvalue weighted by atomic mass is 19.1. The Hall–Kier alpha value is -4.75. The Balaban J connectivity index is 1.61. The monoisotopic (exact) mass is 710 g/mol. The summed E-state index contributed by atoms with van der Waals surface area (Å²) in [6.07, 6.45) is 0.610. The number of hydrogen-bond donors (Lipinski definition) is 1. The van der Waals surface area contributed by atoms with Crippen molar-refractivity contribution in [2.75, 3.05) is 39.4 Å². The number of azide groups is 1. The van der Waals surface area contributed by atoms with Crippen LogP contribution in [0.4, 0.5) is 22.8 Å². The number of carbonyl (C=O) groups is 2. The van der Waals surface area contributed by atoms with E-state index in [-0.39, 0.29) is 43.4 Å². The Morgan fingerprint density at radius 3 is 2.57 bits per heavy atom. The molecule has 3 amide bonds. The van der Waals surface area contributed by atoms with Gasteiger partial charge in [-0.3, -0.25) is 0 Å². The zero-order chi connectivity index (χ0) is 36.7. The number of rotatable bonds is 11. The fourth-order valence-electron chi connectivity index (χ4n) is 6.59. The molecule has 2 aliphatic heterocycles. The molecular weight excluding hydrogens is 665 g/mol. The van der Waals surface area contributed by atoms with E-state index in [4.69, 9.17) is 20.0 Å². The molecule has 2 saturated heterocycles. The molecule has 3 unspecified atom stereocenters. The summed E-state index contributed by atoms with van der Waals surface area (Å²) in [4.78, 5) is 37.9. The highest BCUT2D eigenvalue weighted by Gasteiger charge is 2.43. The molecule has 1 aromatic heterocycles. The lowest BCUT2D eigenvalue weighted by molar-refractivity contribution is 0.0236. The van der Waals surface area contributed by atoms with Gasteiger partial charge in [0.2, 0.25) is 0 Å². The van der Waals surface area contributed by atoms with Gasteiger partial charge < -0.3 is 29.2 Å². The van der Waals surface area contributed by atoms with E-state index in [1.165, 1.54) is 9.80 Å². The number of ether oxygens (including phenoxy) is 2. The predicted molar refractivity (Wildman–Crippen MR) is 184 cm³/mol. The first-order valence-corrected chi connectivity index (χ1v) is 17.2. The number of amides is 3. The van der Waals surface area contributed by atoms with Gasteiger partial charge in [-0.1, -0.05) is 35.4 Å². The second kappa shape index (κ2) is 16.5. The number of halogens is 3. The fourth-order valence-corrected chi connectivity index (χ4v) is 6.59. The van der Waals surface area contributed by atoms with Crippen molar-refractivity contribution in [3.05, 3.63) is 88.2 Å². The van der Waals surface area contributed by atoms with Gasteiger partial charge in [-0.15, -0.1) is 0 Å². The zero-order valence-corrected chi connectivity index (χ0v) is 29.3. The Labute approximate surface area is 295 Å². The van der Waals surface area contributed by atoms with Crippen LogP contribution in [0.5, 0.6) is 0 Å². The highest BCUT2D eigenvalue weighted by molar-refractivity contribution is 5.75. The number of alkyl halides is 1. The minimum absolute atomic E-state index is 0.00679. The second-order valence-corrected chi connectivity index (χ2v) is 14.2. The van der Waals surface area contributed by atoms with Crippen molar-refractivity contribution < 1.29 is 32.2 Å². The van der Waals surface area contributed by atoms with Crippen molar-refractivity contribution in [1.82, 2.24) is 24.7 Å². The molecule has 0 radical (unpaired) electrons. The normalized spacial score (nSPS) is 19.2. The maximum Gasteiger partial charge on any atom is 0.410 e. The third-order valence-corrected chi connectivity index (χ3v) is 9.01. The molecule has 274 valence electrons. The summed E-state index contributed by atoms with van der Waals surface area (Å²) in [6.45, 7) is 7.68. The number of aromatic nitrogens is 2. The number of benzene rings is 2. The van der Waals surface area contributed by atoms with Gasteiger partial charge >= 0.3 is 12.1 Å². The number of nitrogens with one attached hydrogen (secondary N) is 1. The zero-order valence-electron chi connectivity index (χ0n) is 29.3. The molecule has 0 bridgehead atoms. The molecule has 1 N–H and O–H groups in total. The minimum atomic E-state index is -1.47. The molecule has 51 heavy (non-hydrogen) atoms. The van der Waals surface area contributed by atoms with E-state index < -0.39 is 53.5 Å². The van der Waals surface area contributed by atoms with E-state index in [1.807, 2.05) is 34.9 Å². The first-order valence-electron chi connectivity index (χ1n) is 17.2. The SMILES string of the molecule is C[C@@H](CN=[N+]=[N-])NC(=O)N(CC1CN(C(=O)OC(C)(C)C)CC1F)C(c1nc(-c2cc(F)ccc2F)cn1Cc1ccccc1)C1CCOCC1. The summed E-state index contributed by atoms with van der Waals surface area (Å²) >= 11 is 0. The van der Waals surface area contributed by atoms with Crippen LogP contribution >= 0.6 is 0 Å². The van der Waals surface area contributed by atoms with Crippen LogP contribution < -0.4 is 5.32 Å². The van der Waals surface area contributed by atoms with Gasteiger partial charge in [0.15, 0.2) is 0 Å². The van der Waals surface area contributed by atoms with E-state index in [2.05, 4.69) is 15.3 Å². The minimum Gasteiger partial charge on any atom is -0.444 e. The van der Waals surface area contributed by atoms with Crippen molar-refractivity contribution in [3.8, 4) is 11.3 Å². The van der Waals surface area contributed by atoms with Crippen molar-refractivity contribution in [2.45, 2.75) is 70.9 Å². The molecule has 12 nitrogen and oxygen atoms in total. The third kappa shape index (κ3) is 9.73. The van der Waals surface area contributed by atoms with Gasteiger partial charge in [0.05, 0.1) is 18.3 Å². The smallest absolute Gasteiger partial charge is 0.410 e.